The molecule has 0 aliphatic rings. The first-order chi connectivity index (χ1) is 16.2. The molecule has 3 aromatic carbocycles. The molecule has 0 unspecified atom stereocenters. The van der Waals surface area contributed by atoms with Crippen LogP contribution in [-0.4, -0.2) is 44.3 Å². The molecule has 0 aromatic heterocycles. The minimum Gasteiger partial charge on any atom is -0.482 e. The third kappa shape index (κ3) is 6.94. The Balaban J connectivity index is 1.59. The predicted octanol–water partition coefficient (Wildman–Crippen LogP) is 4.16. The monoisotopic (exact) mass is 523 g/mol. The molecule has 3 N–H and O–H groups in total. The summed E-state index contributed by atoms with van der Waals surface area (Å²) in [5, 5.41) is 22.9. The Morgan fingerprint density at radius 3 is 2.35 bits per heavy atom. The highest BCUT2D eigenvalue weighted by Crippen LogP contribution is 2.27. The van der Waals surface area contributed by atoms with Crippen LogP contribution < -0.4 is 10.1 Å². The summed E-state index contributed by atoms with van der Waals surface area (Å²) in [6, 6.07) is 17.1. The standard InChI is InChI=1S/C24H23Cl2NO6S/c25-18-3-1-2-17(12-18)23(28)14-27-11-10-16-4-7-21(13-22(16)26)34(31,32)20-8-5-19(6-9-20)33-15-24(29)30/h1-9,12-13,23,27-28H,10-11,14-15H2,(H,29,30)/t23-/m1/s1. The van der Waals surface area contributed by atoms with Crippen molar-refractivity contribution >= 4 is 39.0 Å². The van der Waals surface area contributed by atoms with Gasteiger partial charge in [0.25, 0.3) is 0 Å². The molecular formula is C24H23Cl2NO6S. The molecule has 3 aromatic rings. The lowest BCUT2D eigenvalue weighted by Gasteiger charge is -2.13. The van der Waals surface area contributed by atoms with Crippen LogP contribution in [-0.2, 0) is 21.1 Å². The highest BCUT2D eigenvalue weighted by atomic mass is 35.5. The number of sulfone groups is 1. The first-order valence-corrected chi connectivity index (χ1v) is 12.5. The molecule has 0 aliphatic carbocycles. The van der Waals surface area contributed by atoms with Gasteiger partial charge in [-0.1, -0.05) is 41.4 Å². The van der Waals surface area contributed by atoms with E-state index in [0.29, 0.717) is 35.1 Å². The van der Waals surface area contributed by atoms with Crippen LogP contribution >= 0.6 is 23.2 Å². The van der Waals surface area contributed by atoms with Crippen molar-refractivity contribution in [3.05, 3.63) is 87.9 Å². The van der Waals surface area contributed by atoms with Gasteiger partial charge in [0.05, 0.1) is 15.9 Å². The van der Waals surface area contributed by atoms with Gasteiger partial charge in [-0.25, -0.2) is 13.2 Å². The molecule has 7 nitrogen and oxygen atoms in total. The first-order valence-electron chi connectivity index (χ1n) is 10.3. The second-order valence-electron chi connectivity index (χ2n) is 7.44. The van der Waals surface area contributed by atoms with E-state index in [-0.39, 0.29) is 15.5 Å². The molecule has 0 aliphatic heterocycles. The van der Waals surface area contributed by atoms with E-state index in [1.807, 2.05) is 0 Å². The van der Waals surface area contributed by atoms with Crippen LogP contribution in [0.15, 0.2) is 76.5 Å². The highest BCUT2D eigenvalue weighted by Gasteiger charge is 2.19. The molecule has 0 saturated heterocycles. The molecule has 0 amide bonds. The van der Waals surface area contributed by atoms with Crippen molar-refractivity contribution in [1.29, 1.82) is 0 Å². The van der Waals surface area contributed by atoms with E-state index in [1.54, 1.807) is 30.3 Å². The van der Waals surface area contributed by atoms with Crippen molar-refractivity contribution in [2.45, 2.75) is 22.3 Å². The second-order valence-corrected chi connectivity index (χ2v) is 10.2. The lowest BCUT2D eigenvalue weighted by atomic mass is 10.1. The number of aliphatic carboxylic acids is 1. The summed E-state index contributed by atoms with van der Waals surface area (Å²) >= 11 is 12.3. The Kier molecular flexibility index (Phi) is 8.93. The van der Waals surface area contributed by atoms with Gasteiger partial charge in [0.1, 0.15) is 5.75 Å². The molecule has 1 atom stereocenters. The smallest absolute Gasteiger partial charge is 0.341 e. The minimum absolute atomic E-state index is 0.0376. The summed E-state index contributed by atoms with van der Waals surface area (Å²) in [6.45, 7) is 0.343. The van der Waals surface area contributed by atoms with E-state index in [4.69, 9.17) is 33.0 Å². The summed E-state index contributed by atoms with van der Waals surface area (Å²) in [6.07, 6.45) is -0.167. The number of carbonyl (C=O) groups is 1. The Morgan fingerprint density at radius 2 is 1.71 bits per heavy atom. The van der Waals surface area contributed by atoms with Crippen molar-refractivity contribution in [1.82, 2.24) is 5.32 Å². The summed E-state index contributed by atoms with van der Waals surface area (Å²) in [5.41, 5.74) is 1.48. The molecule has 0 spiro atoms. The van der Waals surface area contributed by atoms with E-state index in [2.05, 4.69) is 5.32 Å². The number of ether oxygens (including phenoxy) is 1. The molecule has 0 saturated carbocycles. The Bertz CT molecular complexity index is 1250. The summed E-state index contributed by atoms with van der Waals surface area (Å²) < 4.78 is 30.9. The van der Waals surface area contributed by atoms with Gasteiger partial charge in [-0.3, -0.25) is 0 Å². The van der Waals surface area contributed by atoms with E-state index < -0.39 is 28.5 Å². The number of rotatable bonds is 11. The lowest BCUT2D eigenvalue weighted by molar-refractivity contribution is -0.139. The molecule has 0 fully saturated rings. The Hall–Kier alpha value is -2.62. The van der Waals surface area contributed by atoms with Gasteiger partial charge in [0.15, 0.2) is 6.61 Å². The average Bonchev–Trinajstić information content (AvgIpc) is 2.81. The number of aliphatic hydroxyl groups is 1. The van der Waals surface area contributed by atoms with Gasteiger partial charge in [0, 0.05) is 16.6 Å². The van der Waals surface area contributed by atoms with E-state index >= 15 is 0 Å². The van der Waals surface area contributed by atoms with Gasteiger partial charge in [-0.15, -0.1) is 0 Å². The number of carboxylic acid groups (broad SMARTS) is 1. The number of hydrogen-bond donors (Lipinski definition) is 3. The van der Waals surface area contributed by atoms with Crippen LogP contribution in [0.1, 0.15) is 17.2 Å². The molecular weight excluding hydrogens is 501 g/mol. The quantitative estimate of drug-likeness (QED) is 0.323. The average molecular weight is 524 g/mol. The molecule has 0 heterocycles. The Labute approximate surface area is 207 Å². The van der Waals surface area contributed by atoms with Crippen LogP contribution in [0.4, 0.5) is 0 Å². The number of carboxylic acids is 1. The maximum atomic E-state index is 12.9. The summed E-state index contributed by atoms with van der Waals surface area (Å²) in [7, 11) is -3.81. The molecule has 180 valence electrons. The van der Waals surface area contributed by atoms with Gasteiger partial charge >= 0.3 is 5.97 Å². The van der Waals surface area contributed by atoms with Crippen molar-refractivity contribution in [3.8, 4) is 5.75 Å². The van der Waals surface area contributed by atoms with Gasteiger partial charge in [-0.2, -0.15) is 0 Å². The van der Waals surface area contributed by atoms with Crippen LogP contribution in [0.2, 0.25) is 10.0 Å². The van der Waals surface area contributed by atoms with E-state index in [1.165, 1.54) is 36.4 Å². The lowest BCUT2D eigenvalue weighted by Crippen LogP contribution is -2.23. The van der Waals surface area contributed by atoms with Crippen molar-refractivity contribution in [2.75, 3.05) is 19.7 Å². The fourth-order valence-corrected chi connectivity index (χ4v) is 5.01. The van der Waals surface area contributed by atoms with Gasteiger partial charge in [0.2, 0.25) is 9.84 Å². The molecule has 34 heavy (non-hydrogen) atoms. The third-order valence-electron chi connectivity index (χ3n) is 4.97. The highest BCUT2D eigenvalue weighted by molar-refractivity contribution is 7.91. The predicted molar refractivity (Wildman–Crippen MR) is 129 cm³/mol. The normalized spacial score (nSPS) is 12.3. The van der Waals surface area contributed by atoms with Crippen LogP contribution in [0.25, 0.3) is 0 Å². The zero-order chi connectivity index (χ0) is 24.7. The van der Waals surface area contributed by atoms with Crippen molar-refractivity contribution in [3.63, 3.8) is 0 Å². The maximum absolute atomic E-state index is 12.9. The molecule has 10 heteroatoms. The van der Waals surface area contributed by atoms with Crippen LogP contribution in [0.3, 0.4) is 0 Å². The van der Waals surface area contributed by atoms with Crippen molar-refractivity contribution < 1.29 is 28.2 Å². The Morgan fingerprint density at radius 1 is 1.00 bits per heavy atom. The zero-order valence-corrected chi connectivity index (χ0v) is 20.3. The number of halogens is 2. The van der Waals surface area contributed by atoms with Gasteiger partial charge < -0.3 is 20.3 Å². The van der Waals surface area contributed by atoms with E-state index in [9.17, 15) is 18.3 Å². The van der Waals surface area contributed by atoms with Crippen LogP contribution in [0, 0.1) is 0 Å². The maximum Gasteiger partial charge on any atom is 0.341 e. The summed E-state index contributed by atoms with van der Waals surface area (Å²) in [5.74, 6) is -0.873. The zero-order valence-electron chi connectivity index (χ0n) is 17.9. The molecule has 0 radical (unpaired) electrons. The first kappa shape index (κ1) is 26.0. The molecule has 3 rings (SSSR count). The summed E-state index contributed by atoms with van der Waals surface area (Å²) in [4.78, 5) is 10.7. The number of benzene rings is 3. The fraction of sp³-hybridized carbons (Fsp3) is 0.208. The number of nitrogens with one attached hydrogen (secondary N) is 1. The van der Waals surface area contributed by atoms with Crippen molar-refractivity contribution in [2.24, 2.45) is 0 Å². The van der Waals surface area contributed by atoms with Gasteiger partial charge in [-0.05, 0) is 72.6 Å². The number of aliphatic hydroxyl groups excluding tert-OH is 1. The molecule has 0 bridgehead atoms. The second kappa shape index (κ2) is 11.7. The van der Waals surface area contributed by atoms with E-state index in [0.717, 1.165) is 5.56 Å². The minimum atomic E-state index is -3.81. The number of hydrogen-bond acceptors (Lipinski definition) is 6. The SMILES string of the molecule is O=C(O)COc1ccc(S(=O)(=O)c2ccc(CCNC[C@@H](O)c3cccc(Cl)c3)c(Cl)c2)cc1. The third-order valence-corrected chi connectivity index (χ3v) is 7.33. The fourth-order valence-electron chi connectivity index (χ4n) is 3.19. The van der Waals surface area contributed by atoms with Crippen LogP contribution in [0.5, 0.6) is 5.75 Å². The largest absolute Gasteiger partial charge is 0.482 e. The topological polar surface area (TPSA) is 113 Å².